The van der Waals surface area contributed by atoms with Crippen molar-refractivity contribution in [3.8, 4) is 44.5 Å². The zero-order valence-electron chi connectivity index (χ0n) is 35.5. The molecule has 2 nitrogen and oxygen atoms in total. The molecule has 0 heterocycles. The quantitative estimate of drug-likeness (QED) is 0.189. The zero-order valence-corrected chi connectivity index (χ0v) is 35.5. The lowest BCUT2D eigenvalue weighted by Gasteiger charge is -2.33. The highest BCUT2D eigenvalue weighted by atomic mass is 15.2. The Hall–Kier alpha value is -6.84. The summed E-state index contributed by atoms with van der Waals surface area (Å²) in [5, 5.41) is 0. The molecule has 0 aliphatic carbocycles. The average molecular weight is 805 g/mol. The van der Waals surface area contributed by atoms with Gasteiger partial charge < -0.3 is 9.80 Å². The van der Waals surface area contributed by atoms with E-state index in [2.05, 4.69) is 36.4 Å². The molecule has 284 valence electrons. The van der Waals surface area contributed by atoms with E-state index >= 15 is 0 Å². The highest BCUT2D eigenvalue weighted by molar-refractivity contribution is 6.69. The van der Waals surface area contributed by atoms with Crippen LogP contribution in [0.4, 0.5) is 34.1 Å². The third-order valence-electron chi connectivity index (χ3n) is 11.9. The van der Waals surface area contributed by atoms with Crippen molar-refractivity contribution in [1.82, 2.24) is 0 Å². The third kappa shape index (κ3) is 8.26. The molecule has 0 saturated heterocycles. The molecule has 0 bridgehead atoms. The first kappa shape index (κ1) is 43.4. The first-order chi connectivity index (χ1) is 31.5. The van der Waals surface area contributed by atoms with Gasteiger partial charge in [0.15, 0.2) is 0 Å². The minimum atomic E-state index is 0.145. The van der Waals surface area contributed by atoms with E-state index in [4.69, 9.17) is 70.6 Å². The summed E-state index contributed by atoms with van der Waals surface area (Å²) in [4.78, 5) is 3.93. The van der Waals surface area contributed by atoms with Crippen LogP contribution in [-0.2, 0) is 0 Å². The second kappa shape index (κ2) is 18.3. The highest BCUT2D eigenvalue weighted by Gasteiger charge is 2.23. The number of hydrogen-bond acceptors (Lipinski definition) is 2. The van der Waals surface area contributed by atoms with Crippen molar-refractivity contribution in [2.24, 2.45) is 0 Å². The molecule has 0 unspecified atom stereocenters. The number of nitrogens with zero attached hydrogens (tertiary/aromatic N) is 2. The molecule has 0 N–H and O–H groups in total. The van der Waals surface area contributed by atoms with Crippen molar-refractivity contribution >= 4 is 154 Å². The lowest BCUT2D eigenvalue weighted by atomic mass is 9.61. The van der Waals surface area contributed by atoms with E-state index in [9.17, 15) is 0 Å². The van der Waals surface area contributed by atoms with Crippen molar-refractivity contribution in [3.05, 3.63) is 188 Å². The Kier molecular flexibility index (Phi) is 12.2. The summed E-state index contributed by atoms with van der Waals surface area (Å²) in [6, 6.07) is 62.5. The fraction of sp³-hybridized carbons (Fsp3) is 0. The largest absolute Gasteiger partial charge is 0.312 e. The fourth-order valence-electron chi connectivity index (χ4n) is 8.34. The third-order valence-corrected chi connectivity index (χ3v) is 11.9. The Bertz CT molecular complexity index is 3090. The van der Waals surface area contributed by atoms with Gasteiger partial charge in [-0.25, -0.2) is 0 Å². The van der Waals surface area contributed by atoms with E-state index in [0.29, 0.717) is 38.8 Å². The monoisotopic (exact) mass is 806 g/mol. The molecule has 0 aliphatic rings. The summed E-state index contributed by atoms with van der Waals surface area (Å²) in [5.41, 5.74) is 13.9. The van der Waals surface area contributed by atoms with E-state index in [1.807, 2.05) is 161 Å². The minimum absolute atomic E-state index is 0.145. The maximum atomic E-state index is 6.97. The standard InChI is InChI=1S/C54H31B9N2/c55-44-43(38-14-8-3-9-15-38)45(56)50(61)53(49(44)60)64(39-24-16-34(17-25-39)32-10-4-1-5-11-32)40-28-20-36(21-29-40)37-22-30-42(31-23-37)65(54-51(62)47(58)46(57)48(59)52(54)63)41-26-18-35(19-27-41)33-12-6-2-7-13-33/h1-31H. The Morgan fingerprint density at radius 1 is 0.200 bits per heavy atom. The second-order valence-corrected chi connectivity index (χ2v) is 15.8. The molecule has 9 aromatic carbocycles. The summed E-state index contributed by atoms with van der Waals surface area (Å²) >= 11 is 0. The molecule has 0 atom stereocenters. The van der Waals surface area contributed by atoms with E-state index in [0.717, 1.165) is 61.7 Å². The molecule has 0 aliphatic heterocycles. The maximum Gasteiger partial charge on any atom is 0.115 e. The molecule has 0 aromatic heterocycles. The number of rotatable bonds is 10. The van der Waals surface area contributed by atoms with Crippen LogP contribution >= 0.6 is 0 Å². The minimum Gasteiger partial charge on any atom is -0.312 e. The van der Waals surface area contributed by atoms with Gasteiger partial charge in [-0.05, 0) is 93.0 Å². The van der Waals surface area contributed by atoms with Gasteiger partial charge in [0.2, 0.25) is 0 Å². The van der Waals surface area contributed by atoms with Gasteiger partial charge in [-0.1, -0.05) is 172 Å². The summed E-state index contributed by atoms with van der Waals surface area (Å²) in [7, 11) is 60.0. The van der Waals surface area contributed by atoms with Crippen LogP contribution in [0.15, 0.2) is 188 Å². The summed E-state index contributed by atoms with van der Waals surface area (Å²) in [6.45, 7) is 0. The number of anilines is 6. The number of benzene rings is 9. The van der Waals surface area contributed by atoms with Gasteiger partial charge in [0.25, 0.3) is 0 Å². The van der Waals surface area contributed by atoms with Gasteiger partial charge in [0.1, 0.15) is 70.6 Å². The summed E-state index contributed by atoms with van der Waals surface area (Å²) in [5.74, 6) is 0. The molecule has 9 rings (SSSR count). The van der Waals surface area contributed by atoms with E-state index in [1.165, 1.54) is 0 Å². The van der Waals surface area contributed by atoms with Gasteiger partial charge >= 0.3 is 0 Å². The smallest absolute Gasteiger partial charge is 0.115 e. The molecular formula is C54H31B9N2. The van der Waals surface area contributed by atoms with Crippen LogP contribution in [0.5, 0.6) is 0 Å². The SMILES string of the molecule is [B]c1c([B])c([B])c(N(c2ccc(-c3ccccc3)cc2)c2ccc(-c3ccc(N(c4ccc(-c5ccccc5)cc4)c4c([B])c([B])c(-c5ccccc5)c([B])c4[B])cc3)cc2)c([B])c1[B]. The molecule has 0 amide bonds. The molecule has 0 spiro atoms. The van der Waals surface area contributed by atoms with Gasteiger partial charge in [-0.15, -0.1) is 16.4 Å². The summed E-state index contributed by atoms with van der Waals surface area (Å²) in [6.07, 6.45) is 0. The fourth-order valence-corrected chi connectivity index (χ4v) is 8.34. The zero-order chi connectivity index (χ0) is 45.4. The second-order valence-electron chi connectivity index (χ2n) is 15.8. The van der Waals surface area contributed by atoms with Crippen molar-refractivity contribution in [2.75, 3.05) is 9.80 Å². The molecule has 0 fully saturated rings. The van der Waals surface area contributed by atoms with Crippen molar-refractivity contribution in [2.45, 2.75) is 0 Å². The molecule has 11 heteroatoms. The van der Waals surface area contributed by atoms with Gasteiger partial charge in [0.05, 0.1) is 0 Å². The van der Waals surface area contributed by atoms with Crippen LogP contribution in [0.1, 0.15) is 0 Å². The van der Waals surface area contributed by atoms with Crippen LogP contribution < -0.4 is 59.0 Å². The Morgan fingerprint density at radius 3 is 0.692 bits per heavy atom. The predicted octanol–water partition coefficient (Wildman–Crippen LogP) is 4.44. The lowest BCUT2D eigenvalue weighted by Crippen LogP contribution is -2.56. The average Bonchev–Trinajstić information content (AvgIpc) is 3.36. The predicted molar refractivity (Wildman–Crippen MR) is 286 cm³/mol. The molecule has 65 heavy (non-hydrogen) atoms. The molecule has 9 aromatic rings. The van der Waals surface area contributed by atoms with Crippen LogP contribution in [0.25, 0.3) is 44.5 Å². The van der Waals surface area contributed by atoms with Crippen LogP contribution in [0.3, 0.4) is 0 Å². The first-order valence-corrected chi connectivity index (χ1v) is 21.0. The van der Waals surface area contributed by atoms with E-state index in [1.54, 1.807) is 0 Å². The van der Waals surface area contributed by atoms with Crippen LogP contribution in [0, 0.1) is 0 Å². The molecule has 0 saturated carbocycles. The van der Waals surface area contributed by atoms with Crippen LogP contribution in [0.2, 0.25) is 0 Å². The Morgan fingerprint density at radius 2 is 0.415 bits per heavy atom. The van der Waals surface area contributed by atoms with Crippen molar-refractivity contribution < 1.29 is 0 Å². The van der Waals surface area contributed by atoms with Gasteiger partial charge in [-0.3, -0.25) is 0 Å². The lowest BCUT2D eigenvalue weighted by molar-refractivity contribution is 1.30. The van der Waals surface area contributed by atoms with Crippen LogP contribution in [-0.4, -0.2) is 70.6 Å². The highest BCUT2D eigenvalue weighted by Crippen LogP contribution is 2.38. The maximum absolute atomic E-state index is 6.97. The van der Waals surface area contributed by atoms with Crippen molar-refractivity contribution in [1.29, 1.82) is 0 Å². The van der Waals surface area contributed by atoms with E-state index in [-0.39, 0.29) is 27.3 Å². The van der Waals surface area contributed by atoms with Gasteiger partial charge in [-0.2, -0.15) is 0 Å². The Balaban J connectivity index is 1.11. The normalized spacial score (nSPS) is 11.0. The van der Waals surface area contributed by atoms with E-state index < -0.39 is 0 Å². The number of hydrogen-bond donors (Lipinski definition) is 0. The molecule has 18 radical (unpaired) electrons. The van der Waals surface area contributed by atoms with Gasteiger partial charge in [0, 0.05) is 34.1 Å². The Labute approximate surface area is 394 Å². The topological polar surface area (TPSA) is 6.48 Å². The summed E-state index contributed by atoms with van der Waals surface area (Å²) < 4.78 is 0. The molecular weight excluding hydrogens is 774 g/mol. The first-order valence-electron chi connectivity index (χ1n) is 21.0. The van der Waals surface area contributed by atoms with Crippen molar-refractivity contribution in [3.63, 3.8) is 0 Å².